The average Bonchev–Trinajstić information content (AvgIpc) is 2.86. The van der Waals surface area contributed by atoms with Gasteiger partial charge in [0.2, 0.25) is 5.88 Å². The predicted molar refractivity (Wildman–Crippen MR) is 146 cm³/mol. The van der Waals surface area contributed by atoms with Crippen molar-refractivity contribution in [2.75, 3.05) is 32.1 Å². The fourth-order valence-electron chi connectivity index (χ4n) is 5.75. The fourth-order valence-corrected chi connectivity index (χ4v) is 5.97. The molecule has 1 aromatic heterocycles. The number of carbonyl (C=O) groups excluding carboxylic acids is 1. The summed E-state index contributed by atoms with van der Waals surface area (Å²) in [6.45, 7) is 8.40. The minimum atomic E-state index is -0.238. The number of benzene rings is 1. The second kappa shape index (κ2) is 11.3. The van der Waals surface area contributed by atoms with E-state index < -0.39 is 0 Å². The van der Waals surface area contributed by atoms with Crippen molar-refractivity contribution in [3.8, 4) is 5.88 Å². The molecule has 4 rings (SSSR count). The Balaban J connectivity index is 1.55. The number of ether oxygens (including phenoxy) is 1. The molecule has 1 N–H and O–H groups in total. The molecule has 36 heavy (non-hydrogen) atoms. The minimum Gasteiger partial charge on any atom is -0.478 e. The van der Waals surface area contributed by atoms with Gasteiger partial charge in [-0.2, -0.15) is 0 Å². The Morgan fingerprint density at radius 1 is 1.14 bits per heavy atom. The van der Waals surface area contributed by atoms with E-state index in [2.05, 4.69) is 36.1 Å². The predicted octanol–water partition coefficient (Wildman–Crippen LogP) is 4.53. The highest BCUT2D eigenvalue weighted by Crippen LogP contribution is 2.34. The Labute approximate surface area is 219 Å². The van der Waals surface area contributed by atoms with Gasteiger partial charge in [0.15, 0.2) is 5.43 Å². The molecule has 0 unspecified atom stereocenters. The molecule has 8 heteroatoms. The quantitative estimate of drug-likeness (QED) is 0.588. The lowest BCUT2D eigenvalue weighted by Gasteiger charge is -2.40. The van der Waals surface area contributed by atoms with Crippen molar-refractivity contribution < 1.29 is 9.53 Å². The first kappa shape index (κ1) is 26.6. The molecule has 7 nitrogen and oxygen atoms in total. The molecule has 1 aliphatic heterocycles. The maximum Gasteiger partial charge on any atom is 0.251 e. The highest BCUT2D eigenvalue weighted by Gasteiger charge is 2.28. The number of anilines is 1. The van der Waals surface area contributed by atoms with E-state index in [4.69, 9.17) is 16.3 Å². The van der Waals surface area contributed by atoms with E-state index in [1.54, 1.807) is 12.1 Å². The lowest BCUT2D eigenvalue weighted by molar-refractivity contribution is 0.0949. The van der Waals surface area contributed by atoms with Crippen molar-refractivity contribution in [1.82, 2.24) is 14.8 Å². The molecule has 0 atom stereocenters. The zero-order valence-corrected chi connectivity index (χ0v) is 23.0. The number of fused-ring (bicyclic) bond motifs is 1. The molecule has 0 saturated heterocycles. The fraction of sp³-hybridized carbons (Fsp3) is 0.571. The van der Waals surface area contributed by atoms with Gasteiger partial charge in [-0.05, 0) is 84.7 Å². The highest BCUT2D eigenvalue weighted by atomic mass is 35.5. The summed E-state index contributed by atoms with van der Waals surface area (Å²) in [5.41, 5.74) is 3.71. The number of hydrogen-bond donors (Lipinski definition) is 1. The van der Waals surface area contributed by atoms with Crippen LogP contribution in [0.4, 0.5) is 5.69 Å². The molecule has 1 fully saturated rings. The van der Waals surface area contributed by atoms with E-state index in [9.17, 15) is 9.59 Å². The van der Waals surface area contributed by atoms with Gasteiger partial charge in [-0.15, -0.1) is 0 Å². The van der Waals surface area contributed by atoms with Crippen LogP contribution in [0, 0.1) is 13.8 Å². The Morgan fingerprint density at radius 3 is 2.50 bits per heavy atom. The first-order valence-corrected chi connectivity index (χ1v) is 13.5. The highest BCUT2D eigenvalue weighted by molar-refractivity contribution is 6.31. The number of hydrogen-bond acceptors (Lipinski definition) is 5. The van der Waals surface area contributed by atoms with Crippen LogP contribution in [0.5, 0.6) is 5.88 Å². The summed E-state index contributed by atoms with van der Waals surface area (Å²) in [5.74, 6) is 0.332. The van der Waals surface area contributed by atoms with Crippen molar-refractivity contribution in [2.45, 2.75) is 78.0 Å². The van der Waals surface area contributed by atoms with Crippen LogP contribution in [0.3, 0.4) is 0 Å². The van der Waals surface area contributed by atoms with Gasteiger partial charge in [-0.3, -0.25) is 9.59 Å². The van der Waals surface area contributed by atoms with Gasteiger partial charge in [0.1, 0.15) is 0 Å². The molecule has 0 spiro atoms. The molecule has 0 radical (unpaired) electrons. The van der Waals surface area contributed by atoms with Crippen LogP contribution in [0.25, 0.3) is 0 Å². The number of carbonyl (C=O) groups is 1. The van der Waals surface area contributed by atoms with E-state index >= 15 is 0 Å². The molecule has 1 aromatic carbocycles. The minimum absolute atomic E-state index is 0.112. The van der Waals surface area contributed by atoms with Crippen LogP contribution in [-0.4, -0.2) is 54.7 Å². The molecule has 2 heterocycles. The molecule has 1 saturated carbocycles. The van der Waals surface area contributed by atoms with Crippen LogP contribution in [-0.2, 0) is 13.1 Å². The van der Waals surface area contributed by atoms with Crippen LogP contribution in [0.2, 0.25) is 5.02 Å². The van der Waals surface area contributed by atoms with Crippen molar-refractivity contribution in [1.29, 1.82) is 0 Å². The van der Waals surface area contributed by atoms with Gasteiger partial charge in [0.05, 0.1) is 18.7 Å². The monoisotopic (exact) mass is 514 g/mol. The van der Waals surface area contributed by atoms with E-state index in [1.807, 2.05) is 24.5 Å². The summed E-state index contributed by atoms with van der Waals surface area (Å²) in [5, 5.41) is 3.50. The van der Waals surface area contributed by atoms with Gasteiger partial charge >= 0.3 is 0 Å². The second-order valence-electron chi connectivity index (χ2n) is 10.3. The summed E-state index contributed by atoms with van der Waals surface area (Å²) in [6.07, 6.45) is 5.47. The maximum atomic E-state index is 13.4. The van der Waals surface area contributed by atoms with Gasteiger partial charge in [-0.1, -0.05) is 11.6 Å². The lowest BCUT2D eigenvalue weighted by atomic mass is 9.89. The molecular formula is C28H39ClN4O3. The van der Waals surface area contributed by atoms with E-state index in [0.717, 1.165) is 49.3 Å². The summed E-state index contributed by atoms with van der Waals surface area (Å²) >= 11 is 6.54. The molecule has 2 aromatic rings. The van der Waals surface area contributed by atoms with Crippen LogP contribution in [0.1, 0.15) is 66.2 Å². The number of rotatable bonds is 7. The van der Waals surface area contributed by atoms with Crippen LogP contribution in [0.15, 0.2) is 23.0 Å². The Bertz CT molecular complexity index is 1170. The number of halogens is 1. The normalized spacial score (nSPS) is 19.5. The lowest BCUT2D eigenvalue weighted by Crippen LogP contribution is -2.42. The smallest absolute Gasteiger partial charge is 0.251 e. The molecule has 1 aliphatic carbocycles. The number of nitrogens with one attached hydrogen (secondary N) is 1. The van der Waals surface area contributed by atoms with Gasteiger partial charge in [0, 0.05) is 53.2 Å². The van der Waals surface area contributed by atoms with Crippen LogP contribution >= 0.6 is 11.6 Å². The topological polar surface area (TPSA) is 66.8 Å². The maximum absolute atomic E-state index is 13.4. The third-order valence-electron chi connectivity index (χ3n) is 7.83. The Kier molecular flexibility index (Phi) is 8.30. The number of aromatic nitrogens is 1. The summed E-state index contributed by atoms with van der Waals surface area (Å²) < 4.78 is 7.85. The van der Waals surface area contributed by atoms with Crippen molar-refractivity contribution in [2.24, 2.45) is 0 Å². The zero-order valence-electron chi connectivity index (χ0n) is 22.2. The first-order chi connectivity index (χ1) is 17.2. The molecule has 2 aliphatic rings. The summed E-state index contributed by atoms with van der Waals surface area (Å²) in [6, 6.07) is 6.37. The van der Waals surface area contributed by atoms with Gasteiger partial charge in [-0.25, -0.2) is 0 Å². The van der Waals surface area contributed by atoms with Gasteiger partial charge < -0.3 is 24.4 Å². The third kappa shape index (κ3) is 5.42. The SMILES string of the molecule is CCN(c1cc(Cl)cc(C(=O)NCc2c3n(c(C)cc2=O)CCCO3)c1C)C1CCC(N(C)C)CC1. The standard InChI is InChI=1S/C28H39ClN4O3/c1-6-32(22-10-8-21(9-11-22)31(4)5)25-16-20(29)15-23(19(25)3)27(35)30-17-24-26(34)14-18(2)33-12-7-13-36-28(24)33/h14-16,21-22H,6-13,17H2,1-5H3,(H,30,35). The number of amides is 1. The second-order valence-corrected chi connectivity index (χ2v) is 10.7. The van der Waals surface area contributed by atoms with Crippen molar-refractivity contribution in [3.05, 3.63) is 55.8 Å². The average molecular weight is 515 g/mol. The van der Waals surface area contributed by atoms with Crippen molar-refractivity contribution in [3.63, 3.8) is 0 Å². The zero-order chi connectivity index (χ0) is 26.0. The van der Waals surface area contributed by atoms with Gasteiger partial charge in [0.25, 0.3) is 5.91 Å². The Morgan fingerprint density at radius 2 is 1.83 bits per heavy atom. The largest absolute Gasteiger partial charge is 0.478 e. The summed E-state index contributed by atoms with van der Waals surface area (Å²) in [4.78, 5) is 30.8. The van der Waals surface area contributed by atoms with Crippen LogP contribution < -0.4 is 20.4 Å². The number of pyridine rings is 1. The molecule has 1 amide bonds. The van der Waals surface area contributed by atoms with E-state index in [0.29, 0.717) is 40.7 Å². The number of aryl methyl sites for hydroxylation is 1. The number of nitrogens with zero attached hydrogens (tertiary/aromatic N) is 3. The van der Waals surface area contributed by atoms with E-state index in [1.165, 1.54) is 12.8 Å². The van der Waals surface area contributed by atoms with E-state index in [-0.39, 0.29) is 17.9 Å². The molecule has 196 valence electrons. The third-order valence-corrected chi connectivity index (χ3v) is 8.05. The Hall–Kier alpha value is -2.51. The molecule has 0 bridgehead atoms. The first-order valence-electron chi connectivity index (χ1n) is 13.1. The molecular weight excluding hydrogens is 476 g/mol. The summed E-state index contributed by atoms with van der Waals surface area (Å²) in [7, 11) is 4.31. The van der Waals surface area contributed by atoms with Crippen molar-refractivity contribution >= 4 is 23.2 Å².